The second-order valence-electron chi connectivity index (χ2n) is 9.12. The molecule has 2 aliphatic carbocycles. The van der Waals surface area contributed by atoms with E-state index in [0.29, 0.717) is 5.69 Å². The quantitative estimate of drug-likeness (QED) is 0.486. The lowest BCUT2D eigenvalue weighted by atomic mass is 9.64. The highest BCUT2D eigenvalue weighted by Gasteiger charge is 2.81. The molecule has 1 amide bonds. The Hall–Kier alpha value is -3.52. The van der Waals surface area contributed by atoms with E-state index in [0.717, 1.165) is 24.8 Å². The zero-order chi connectivity index (χ0) is 24.1. The van der Waals surface area contributed by atoms with Crippen molar-refractivity contribution >= 4 is 21.6 Å². The Kier molecular flexibility index (Phi) is 5.03. The molecular weight excluding hydrogens is 462 g/mol. The van der Waals surface area contributed by atoms with Crippen LogP contribution in [0.1, 0.15) is 24.8 Å². The monoisotopic (exact) mass is 485 g/mol. The average molecular weight is 486 g/mol. The molecule has 176 valence electrons. The molecule has 2 aromatic carbocycles. The van der Waals surface area contributed by atoms with Crippen molar-refractivity contribution in [3.63, 3.8) is 0 Å². The number of nitrogens with zero attached hydrogens (tertiary/aromatic N) is 1. The van der Waals surface area contributed by atoms with E-state index in [-0.39, 0.29) is 23.2 Å². The Morgan fingerprint density at radius 3 is 2.63 bits per heavy atom. The van der Waals surface area contributed by atoms with E-state index in [2.05, 4.69) is 23.7 Å². The van der Waals surface area contributed by atoms with Crippen molar-refractivity contribution in [2.24, 2.45) is 5.92 Å². The number of epoxide rings is 1. The number of rotatable bonds is 4. The first kappa shape index (κ1) is 22.0. The predicted octanol–water partition coefficient (Wildman–Crippen LogP) is 3.83. The first-order valence-electron chi connectivity index (χ1n) is 11.7. The lowest BCUT2D eigenvalue weighted by molar-refractivity contribution is 0.153. The molecule has 2 aromatic rings. The molecule has 6 nitrogen and oxygen atoms in total. The summed E-state index contributed by atoms with van der Waals surface area (Å²) in [7, 11) is -3.57. The van der Waals surface area contributed by atoms with Gasteiger partial charge in [-0.1, -0.05) is 60.1 Å². The molecule has 2 aliphatic heterocycles. The number of sulfone groups is 1. The summed E-state index contributed by atoms with van der Waals surface area (Å²) in [6.07, 6.45) is 5.38. The Labute approximate surface area is 204 Å². The molecule has 0 aromatic heterocycles. The van der Waals surface area contributed by atoms with Crippen LogP contribution in [0.2, 0.25) is 0 Å². The maximum Gasteiger partial charge on any atom is 0.415 e. The predicted molar refractivity (Wildman–Crippen MR) is 130 cm³/mol. The van der Waals surface area contributed by atoms with E-state index < -0.39 is 33.2 Å². The highest BCUT2D eigenvalue weighted by atomic mass is 32.2. The van der Waals surface area contributed by atoms with Gasteiger partial charge in [0.15, 0.2) is 9.84 Å². The Morgan fingerprint density at radius 1 is 1.06 bits per heavy atom. The standard InChI is InChI=1S/C28H23NO5S/c30-26(33-19-20-35(31,32)22-13-5-3-6-14-22)29-24-16-9-8-15-23(24)28-21-11-4-1-2-7-17-25(29)27(28,34-28)18-10-12-21/h1-3,5-6,8-9,13-16,21,25H,10,12,18-20H2/b2-1-/t21-,25-,27-,28+/m0/s1. The highest BCUT2D eigenvalue weighted by Crippen LogP contribution is 2.72. The summed E-state index contributed by atoms with van der Waals surface area (Å²) >= 11 is 0. The average Bonchev–Trinajstić information content (AvgIpc) is 3.59. The van der Waals surface area contributed by atoms with Crippen LogP contribution in [0.25, 0.3) is 0 Å². The molecule has 4 aliphatic rings. The first-order chi connectivity index (χ1) is 17.0. The molecule has 1 saturated heterocycles. The van der Waals surface area contributed by atoms with E-state index in [9.17, 15) is 13.2 Å². The maximum atomic E-state index is 13.5. The zero-order valence-corrected chi connectivity index (χ0v) is 19.8. The van der Waals surface area contributed by atoms with Gasteiger partial charge in [-0.2, -0.15) is 0 Å². The van der Waals surface area contributed by atoms with Gasteiger partial charge >= 0.3 is 6.09 Å². The molecule has 6 rings (SSSR count). The lowest BCUT2D eigenvalue weighted by Gasteiger charge is -2.43. The molecule has 2 fully saturated rings. The number of benzene rings is 2. The van der Waals surface area contributed by atoms with E-state index in [1.54, 1.807) is 35.3 Å². The topological polar surface area (TPSA) is 76.2 Å². The largest absolute Gasteiger partial charge is 0.448 e. The van der Waals surface area contributed by atoms with Crippen LogP contribution in [0.4, 0.5) is 10.5 Å². The Balaban J connectivity index is 1.34. The molecule has 1 saturated carbocycles. The first-order valence-corrected chi connectivity index (χ1v) is 13.4. The molecular formula is C28H23NO5S. The normalized spacial score (nSPS) is 30.2. The second kappa shape index (κ2) is 8.02. The van der Waals surface area contributed by atoms with E-state index >= 15 is 0 Å². The third-order valence-corrected chi connectivity index (χ3v) is 9.02. The van der Waals surface area contributed by atoms with Gasteiger partial charge in [-0.15, -0.1) is 0 Å². The van der Waals surface area contributed by atoms with Crippen molar-refractivity contribution in [2.45, 2.75) is 41.4 Å². The van der Waals surface area contributed by atoms with Crippen LogP contribution in [0.15, 0.2) is 71.6 Å². The van der Waals surface area contributed by atoms with Crippen molar-refractivity contribution in [1.29, 1.82) is 0 Å². The number of carbonyl (C=O) groups excluding carboxylic acids is 1. The van der Waals surface area contributed by atoms with Crippen molar-refractivity contribution < 1.29 is 22.7 Å². The summed E-state index contributed by atoms with van der Waals surface area (Å²) in [5.74, 6) is 12.4. The number of hydrogen-bond donors (Lipinski definition) is 0. The summed E-state index contributed by atoms with van der Waals surface area (Å²) in [5, 5.41) is 0. The third-order valence-electron chi connectivity index (χ3n) is 7.33. The molecule has 35 heavy (non-hydrogen) atoms. The molecule has 4 atom stereocenters. The number of ether oxygens (including phenoxy) is 2. The highest BCUT2D eigenvalue weighted by molar-refractivity contribution is 7.91. The summed E-state index contributed by atoms with van der Waals surface area (Å²) in [6.45, 7) is -0.262. The van der Waals surface area contributed by atoms with Crippen molar-refractivity contribution in [3.8, 4) is 23.7 Å². The van der Waals surface area contributed by atoms with Gasteiger partial charge in [-0.05, 0) is 49.6 Å². The molecule has 2 heterocycles. The number of para-hydroxylation sites is 1. The number of fused-ring (bicyclic) bond motifs is 1. The van der Waals surface area contributed by atoms with Gasteiger partial charge in [0.1, 0.15) is 23.9 Å². The van der Waals surface area contributed by atoms with Crippen molar-refractivity contribution in [3.05, 3.63) is 72.3 Å². The van der Waals surface area contributed by atoms with Crippen LogP contribution < -0.4 is 4.90 Å². The number of carbonyl (C=O) groups is 1. The van der Waals surface area contributed by atoms with Gasteiger partial charge in [0.25, 0.3) is 0 Å². The van der Waals surface area contributed by atoms with Crippen molar-refractivity contribution in [2.75, 3.05) is 17.3 Å². The Bertz CT molecular complexity index is 1460. The smallest absolute Gasteiger partial charge is 0.415 e. The minimum absolute atomic E-state index is 0.00126. The summed E-state index contributed by atoms with van der Waals surface area (Å²) in [4.78, 5) is 15.2. The van der Waals surface area contributed by atoms with E-state index in [1.807, 2.05) is 24.3 Å². The lowest BCUT2D eigenvalue weighted by Crippen LogP contribution is -2.57. The number of allylic oxidation sites excluding steroid dienone is 2. The fourth-order valence-corrected chi connectivity index (χ4v) is 6.93. The summed E-state index contributed by atoms with van der Waals surface area (Å²) in [5.41, 5.74) is 0.323. The zero-order valence-electron chi connectivity index (χ0n) is 18.9. The van der Waals surface area contributed by atoms with Crippen LogP contribution in [-0.2, 0) is 24.9 Å². The molecule has 4 bridgehead atoms. The van der Waals surface area contributed by atoms with E-state index in [1.165, 1.54) is 12.1 Å². The van der Waals surface area contributed by atoms with Gasteiger partial charge in [-0.3, -0.25) is 4.90 Å². The molecule has 0 radical (unpaired) electrons. The van der Waals surface area contributed by atoms with Crippen LogP contribution in [0, 0.1) is 29.6 Å². The number of hydrogen-bond acceptors (Lipinski definition) is 5. The van der Waals surface area contributed by atoms with Crippen molar-refractivity contribution in [1.82, 2.24) is 0 Å². The summed E-state index contributed by atoms with van der Waals surface area (Å²) in [6, 6.07) is 15.2. The molecule has 0 unspecified atom stereocenters. The second-order valence-corrected chi connectivity index (χ2v) is 11.2. The van der Waals surface area contributed by atoms with Crippen LogP contribution >= 0.6 is 0 Å². The van der Waals surface area contributed by atoms with Crippen LogP contribution in [0.5, 0.6) is 0 Å². The van der Waals surface area contributed by atoms with Crippen LogP contribution in [-0.4, -0.2) is 38.5 Å². The minimum atomic E-state index is -3.57. The number of anilines is 1. The molecule has 0 spiro atoms. The maximum absolute atomic E-state index is 13.5. The SMILES string of the molecule is O=C(OCCS(=O)(=O)c1ccccc1)N1c2ccccc2[C@@]23O[C@]24CCC[C@@H]3C#C/C=C\C#C[C@H]14. The molecule has 0 N–H and O–H groups in total. The summed E-state index contributed by atoms with van der Waals surface area (Å²) < 4.78 is 37.5. The van der Waals surface area contributed by atoms with Gasteiger partial charge < -0.3 is 9.47 Å². The molecule has 7 heteroatoms. The third kappa shape index (κ3) is 3.23. The van der Waals surface area contributed by atoms with E-state index in [4.69, 9.17) is 9.47 Å². The Morgan fingerprint density at radius 2 is 1.80 bits per heavy atom. The fourth-order valence-electron chi connectivity index (χ4n) is 5.82. The van der Waals surface area contributed by atoms with Gasteiger partial charge in [0.2, 0.25) is 0 Å². The van der Waals surface area contributed by atoms with Gasteiger partial charge in [-0.25, -0.2) is 13.2 Å². The number of amides is 1. The fraction of sp³-hybridized carbons (Fsp3) is 0.321. The van der Waals surface area contributed by atoms with Gasteiger partial charge in [0, 0.05) is 5.56 Å². The van der Waals surface area contributed by atoms with Gasteiger partial charge in [0.05, 0.1) is 22.3 Å². The minimum Gasteiger partial charge on any atom is -0.448 e. The van der Waals surface area contributed by atoms with Crippen LogP contribution in [0.3, 0.4) is 0 Å².